The normalized spacial score (nSPS) is 46.4. The lowest BCUT2D eigenvalue weighted by atomic mass is 9.45. The maximum atomic E-state index is 6.57. The van der Waals surface area contributed by atoms with Gasteiger partial charge in [0, 0.05) is 0 Å². The van der Waals surface area contributed by atoms with Gasteiger partial charge in [0.05, 0.1) is 12.7 Å². The van der Waals surface area contributed by atoms with Crippen molar-refractivity contribution in [1.82, 2.24) is 0 Å². The summed E-state index contributed by atoms with van der Waals surface area (Å²) in [5, 5.41) is 0. The first-order chi connectivity index (χ1) is 13.1. The van der Waals surface area contributed by atoms with Gasteiger partial charge in [-0.25, -0.2) is 0 Å². The van der Waals surface area contributed by atoms with Crippen molar-refractivity contribution < 1.29 is 4.74 Å². The van der Waals surface area contributed by atoms with Crippen LogP contribution in [0.2, 0.25) is 0 Å². The summed E-state index contributed by atoms with van der Waals surface area (Å²) in [7, 11) is 0. The topological polar surface area (TPSA) is 9.23 Å². The molecule has 0 aromatic heterocycles. The van der Waals surface area contributed by atoms with Gasteiger partial charge in [-0.15, -0.1) is 0 Å². The predicted molar refractivity (Wildman–Crippen MR) is 111 cm³/mol. The van der Waals surface area contributed by atoms with Crippen molar-refractivity contribution >= 4 is 0 Å². The molecular weight excluding hydrogens is 328 g/mol. The lowest BCUT2D eigenvalue weighted by molar-refractivity contribution is -0.132. The van der Waals surface area contributed by atoms with Crippen molar-refractivity contribution in [2.24, 2.45) is 34.5 Å². The minimum Gasteiger partial charge on any atom is -0.373 e. The molecular formula is C26H38O. The Labute approximate surface area is 166 Å². The van der Waals surface area contributed by atoms with E-state index in [0.29, 0.717) is 16.9 Å². The van der Waals surface area contributed by atoms with Gasteiger partial charge in [-0.2, -0.15) is 0 Å². The Bertz CT molecular complexity index is 653. The highest BCUT2D eigenvalue weighted by atomic mass is 16.5. The van der Waals surface area contributed by atoms with Crippen LogP contribution in [0.5, 0.6) is 0 Å². The first-order valence-corrected chi connectivity index (χ1v) is 11.8. The van der Waals surface area contributed by atoms with E-state index in [-0.39, 0.29) is 0 Å². The molecule has 4 fully saturated rings. The minimum atomic E-state index is 0.424. The van der Waals surface area contributed by atoms with Crippen molar-refractivity contribution in [3.63, 3.8) is 0 Å². The second kappa shape index (κ2) is 6.90. The Balaban J connectivity index is 1.32. The highest BCUT2D eigenvalue weighted by Gasteiger charge is 2.59. The number of hydrogen-bond donors (Lipinski definition) is 0. The third kappa shape index (κ3) is 2.91. The van der Waals surface area contributed by atoms with Crippen LogP contribution in [0, 0.1) is 34.5 Å². The quantitative estimate of drug-likeness (QED) is 0.559. The standard InChI is InChI=1S/C26H38O/c1-25-16-7-6-10-20(25)11-12-21-22-13-14-24(26(22,2)17-15-23(21)25)27-18-19-8-4-3-5-9-19/h3-5,8-9,20-24H,6-7,10-18H2,1-2H3/t20-,21-,22+,23-,24+,25+,26+/m1/s1. The molecule has 5 rings (SSSR count). The molecule has 0 spiro atoms. The molecule has 0 saturated heterocycles. The first-order valence-electron chi connectivity index (χ1n) is 11.8. The Morgan fingerprint density at radius 1 is 0.815 bits per heavy atom. The summed E-state index contributed by atoms with van der Waals surface area (Å²) in [6, 6.07) is 10.8. The van der Waals surface area contributed by atoms with E-state index < -0.39 is 0 Å². The largest absolute Gasteiger partial charge is 0.373 e. The van der Waals surface area contributed by atoms with E-state index in [0.717, 1.165) is 30.3 Å². The van der Waals surface area contributed by atoms with Crippen LogP contribution in [0.15, 0.2) is 30.3 Å². The van der Waals surface area contributed by atoms with Gasteiger partial charge in [0.15, 0.2) is 0 Å². The summed E-state index contributed by atoms with van der Waals surface area (Å²) in [5.41, 5.74) is 2.41. The Morgan fingerprint density at radius 2 is 1.63 bits per heavy atom. The molecule has 4 saturated carbocycles. The van der Waals surface area contributed by atoms with E-state index in [9.17, 15) is 0 Å². The second-order valence-corrected chi connectivity index (χ2v) is 10.8. The van der Waals surface area contributed by atoms with E-state index >= 15 is 0 Å². The molecule has 7 atom stereocenters. The lowest BCUT2D eigenvalue weighted by Crippen LogP contribution is -2.53. The smallest absolute Gasteiger partial charge is 0.0720 e. The Hall–Kier alpha value is -0.820. The summed E-state index contributed by atoms with van der Waals surface area (Å²) >= 11 is 0. The van der Waals surface area contributed by atoms with Crippen molar-refractivity contribution in [3.05, 3.63) is 35.9 Å². The van der Waals surface area contributed by atoms with E-state index in [4.69, 9.17) is 4.74 Å². The maximum absolute atomic E-state index is 6.57. The Kier molecular flexibility index (Phi) is 4.66. The van der Waals surface area contributed by atoms with Gasteiger partial charge >= 0.3 is 0 Å². The monoisotopic (exact) mass is 366 g/mol. The molecule has 0 N–H and O–H groups in total. The van der Waals surface area contributed by atoms with Crippen LogP contribution in [-0.4, -0.2) is 6.10 Å². The average Bonchev–Trinajstić information content (AvgIpc) is 3.03. The van der Waals surface area contributed by atoms with E-state index in [1.807, 2.05) is 0 Å². The zero-order chi connectivity index (χ0) is 18.5. The third-order valence-electron chi connectivity index (χ3n) is 9.79. The molecule has 1 aromatic rings. The van der Waals surface area contributed by atoms with Crippen LogP contribution in [-0.2, 0) is 11.3 Å². The van der Waals surface area contributed by atoms with Gasteiger partial charge in [0.1, 0.15) is 0 Å². The fourth-order valence-corrected chi connectivity index (χ4v) is 8.29. The molecule has 0 heterocycles. The maximum Gasteiger partial charge on any atom is 0.0720 e. The second-order valence-electron chi connectivity index (χ2n) is 10.8. The summed E-state index contributed by atoms with van der Waals surface area (Å²) < 4.78 is 6.57. The van der Waals surface area contributed by atoms with Crippen LogP contribution in [0.4, 0.5) is 0 Å². The fourth-order valence-electron chi connectivity index (χ4n) is 8.29. The van der Waals surface area contributed by atoms with Crippen LogP contribution in [0.25, 0.3) is 0 Å². The molecule has 0 amide bonds. The van der Waals surface area contributed by atoms with Crippen molar-refractivity contribution in [2.75, 3.05) is 0 Å². The van der Waals surface area contributed by atoms with Gasteiger partial charge in [-0.3, -0.25) is 0 Å². The zero-order valence-electron chi connectivity index (χ0n) is 17.5. The van der Waals surface area contributed by atoms with E-state index in [1.54, 1.807) is 0 Å². The van der Waals surface area contributed by atoms with Crippen molar-refractivity contribution in [2.45, 2.75) is 90.8 Å². The predicted octanol–water partition coefficient (Wildman–Crippen LogP) is 7.00. The lowest BCUT2D eigenvalue weighted by Gasteiger charge is -2.60. The van der Waals surface area contributed by atoms with Crippen LogP contribution in [0.1, 0.15) is 83.6 Å². The number of hydrogen-bond acceptors (Lipinski definition) is 1. The summed E-state index contributed by atoms with van der Waals surface area (Å²) in [5.74, 6) is 3.93. The highest BCUT2D eigenvalue weighted by molar-refractivity contribution is 5.14. The molecule has 0 bridgehead atoms. The molecule has 1 heteroatoms. The number of fused-ring (bicyclic) bond motifs is 5. The van der Waals surface area contributed by atoms with E-state index in [1.165, 1.54) is 69.8 Å². The molecule has 4 aliphatic rings. The van der Waals surface area contributed by atoms with Crippen LogP contribution in [0.3, 0.4) is 0 Å². The van der Waals surface area contributed by atoms with Crippen LogP contribution >= 0.6 is 0 Å². The SMILES string of the molecule is C[C@]12CCCC[C@@H]1CC[C@H]1[C@H]2CC[C@]2(C)[C@@H](OCc3ccccc3)CC[C@@H]12. The number of ether oxygens (including phenoxy) is 1. The van der Waals surface area contributed by atoms with Gasteiger partial charge in [0.25, 0.3) is 0 Å². The van der Waals surface area contributed by atoms with Crippen LogP contribution < -0.4 is 0 Å². The molecule has 27 heavy (non-hydrogen) atoms. The van der Waals surface area contributed by atoms with E-state index in [2.05, 4.69) is 44.2 Å². The van der Waals surface area contributed by atoms with Gasteiger partial charge in [0.2, 0.25) is 0 Å². The summed E-state index contributed by atoms with van der Waals surface area (Å²) in [6.07, 6.45) is 15.1. The van der Waals surface area contributed by atoms with Gasteiger partial charge in [-0.1, -0.05) is 57.0 Å². The van der Waals surface area contributed by atoms with Crippen molar-refractivity contribution in [1.29, 1.82) is 0 Å². The molecule has 0 aliphatic heterocycles. The number of benzene rings is 1. The molecule has 1 nitrogen and oxygen atoms in total. The van der Waals surface area contributed by atoms with Gasteiger partial charge < -0.3 is 4.74 Å². The molecule has 148 valence electrons. The third-order valence-corrected chi connectivity index (χ3v) is 9.79. The Morgan fingerprint density at radius 3 is 2.48 bits per heavy atom. The molecule has 4 aliphatic carbocycles. The average molecular weight is 367 g/mol. The summed E-state index contributed by atoms with van der Waals surface area (Å²) in [6.45, 7) is 6.07. The first kappa shape index (κ1) is 18.2. The minimum absolute atomic E-state index is 0.424. The molecule has 0 radical (unpaired) electrons. The highest BCUT2D eigenvalue weighted by Crippen LogP contribution is 2.66. The van der Waals surface area contributed by atoms with Crippen molar-refractivity contribution in [3.8, 4) is 0 Å². The fraction of sp³-hybridized carbons (Fsp3) is 0.769. The molecule has 1 aromatic carbocycles. The molecule has 0 unspecified atom stereocenters. The zero-order valence-corrected chi connectivity index (χ0v) is 17.5. The van der Waals surface area contributed by atoms with Gasteiger partial charge in [-0.05, 0) is 91.4 Å². The summed E-state index contributed by atoms with van der Waals surface area (Å²) in [4.78, 5) is 0. The number of rotatable bonds is 3.